The molecule has 0 bridgehead atoms. The van der Waals surface area contributed by atoms with Gasteiger partial charge in [-0.2, -0.15) is 10.2 Å². The minimum atomic E-state index is -0.372. The molecule has 0 aliphatic rings. The van der Waals surface area contributed by atoms with E-state index in [9.17, 15) is 4.39 Å². The highest BCUT2D eigenvalue weighted by Gasteiger charge is 2.07. The Kier molecular flexibility index (Phi) is 6.50. The van der Waals surface area contributed by atoms with Crippen molar-refractivity contribution in [2.45, 2.75) is 13.1 Å². The highest BCUT2D eigenvalue weighted by Crippen LogP contribution is 2.19. The molecule has 31 heavy (non-hydrogen) atoms. The van der Waals surface area contributed by atoms with Crippen LogP contribution in [0.3, 0.4) is 0 Å². The third-order valence-electron chi connectivity index (χ3n) is 4.42. The Labute approximate surface area is 193 Å². The van der Waals surface area contributed by atoms with Crippen molar-refractivity contribution in [3.63, 3.8) is 0 Å². The van der Waals surface area contributed by atoms with Crippen molar-refractivity contribution in [3.8, 4) is 0 Å². The number of halogens is 3. The molecular weight excluding hydrogens is 458 g/mol. The number of benzene rings is 2. The molecule has 0 amide bonds. The first-order valence-corrected chi connectivity index (χ1v) is 10.4. The summed E-state index contributed by atoms with van der Waals surface area (Å²) in [7, 11) is 0. The lowest BCUT2D eigenvalue weighted by Crippen LogP contribution is -2.18. The molecule has 2 aromatic heterocycles. The van der Waals surface area contributed by atoms with Gasteiger partial charge in [0.15, 0.2) is 5.11 Å². The van der Waals surface area contributed by atoms with E-state index in [1.165, 1.54) is 12.1 Å². The van der Waals surface area contributed by atoms with E-state index < -0.39 is 0 Å². The molecule has 2 heterocycles. The Morgan fingerprint density at radius 3 is 2.03 bits per heavy atom. The zero-order chi connectivity index (χ0) is 21.8. The van der Waals surface area contributed by atoms with Crippen molar-refractivity contribution < 1.29 is 4.39 Å². The van der Waals surface area contributed by atoms with Crippen LogP contribution >= 0.6 is 35.4 Å². The number of hydrogen-bond donors (Lipinski definition) is 2. The molecule has 0 atom stereocenters. The predicted molar refractivity (Wildman–Crippen MR) is 125 cm³/mol. The van der Waals surface area contributed by atoms with Gasteiger partial charge in [0.1, 0.15) is 5.82 Å². The summed E-state index contributed by atoms with van der Waals surface area (Å²) in [6.45, 7) is 0.968. The van der Waals surface area contributed by atoms with Gasteiger partial charge in [-0.25, -0.2) is 4.39 Å². The predicted octanol–water partition coefficient (Wildman–Crippen LogP) is 5.43. The van der Waals surface area contributed by atoms with Crippen molar-refractivity contribution in [3.05, 3.63) is 94.2 Å². The molecule has 4 rings (SSSR count). The van der Waals surface area contributed by atoms with Gasteiger partial charge in [0.2, 0.25) is 0 Å². The largest absolute Gasteiger partial charge is 0.330 e. The second-order valence-electron chi connectivity index (χ2n) is 6.76. The fourth-order valence-corrected chi connectivity index (χ4v) is 3.61. The molecule has 0 spiro atoms. The Bertz CT molecular complexity index is 1220. The molecular formula is C21H17Cl2FN6S. The van der Waals surface area contributed by atoms with Crippen LogP contribution < -0.4 is 10.6 Å². The van der Waals surface area contributed by atoms with Crippen molar-refractivity contribution in [2.24, 2.45) is 0 Å². The van der Waals surface area contributed by atoms with Crippen molar-refractivity contribution in [1.82, 2.24) is 19.6 Å². The maximum Gasteiger partial charge on any atom is 0.175 e. The molecule has 0 saturated carbocycles. The lowest BCUT2D eigenvalue weighted by atomic mass is 10.2. The minimum Gasteiger partial charge on any atom is -0.330 e. The van der Waals surface area contributed by atoms with Gasteiger partial charge in [0.25, 0.3) is 0 Å². The molecule has 0 aliphatic heterocycles. The van der Waals surface area contributed by atoms with Gasteiger partial charge < -0.3 is 10.6 Å². The van der Waals surface area contributed by atoms with Gasteiger partial charge in [-0.05, 0) is 41.5 Å². The van der Waals surface area contributed by atoms with E-state index in [-0.39, 0.29) is 5.82 Å². The summed E-state index contributed by atoms with van der Waals surface area (Å²) in [4.78, 5) is 0. The van der Waals surface area contributed by atoms with Crippen LogP contribution in [0.25, 0.3) is 0 Å². The first kappa shape index (κ1) is 21.3. The maximum absolute atomic E-state index is 13.2. The molecule has 158 valence electrons. The molecule has 4 aromatic rings. The summed E-state index contributed by atoms with van der Waals surface area (Å²) in [5.41, 5.74) is 3.20. The van der Waals surface area contributed by atoms with Crippen LogP contribution in [0, 0.1) is 5.82 Å². The average Bonchev–Trinajstić information content (AvgIpc) is 3.35. The second-order valence-corrected chi connectivity index (χ2v) is 7.98. The van der Waals surface area contributed by atoms with Crippen molar-refractivity contribution in [1.29, 1.82) is 0 Å². The first-order chi connectivity index (χ1) is 15.0. The molecule has 0 radical (unpaired) electrons. The van der Waals surface area contributed by atoms with Crippen LogP contribution in [-0.4, -0.2) is 24.7 Å². The summed E-state index contributed by atoms with van der Waals surface area (Å²) in [6, 6.07) is 11.9. The molecule has 0 saturated heterocycles. The van der Waals surface area contributed by atoms with E-state index in [2.05, 4.69) is 20.8 Å². The van der Waals surface area contributed by atoms with Crippen LogP contribution in [0.15, 0.2) is 67.3 Å². The minimum absolute atomic E-state index is 0.357. The number of hydrogen-bond acceptors (Lipinski definition) is 3. The molecule has 0 aliphatic carbocycles. The van der Waals surface area contributed by atoms with E-state index >= 15 is 0 Å². The zero-order valence-electron chi connectivity index (χ0n) is 16.1. The Morgan fingerprint density at radius 1 is 0.871 bits per heavy atom. The van der Waals surface area contributed by atoms with Crippen LogP contribution in [-0.2, 0) is 13.1 Å². The summed E-state index contributed by atoms with van der Waals surface area (Å²) in [6.07, 6.45) is 6.96. The van der Waals surface area contributed by atoms with Gasteiger partial charge in [0, 0.05) is 22.4 Å². The van der Waals surface area contributed by atoms with E-state index in [1.54, 1.807) is 34.0 Å². The molecule has 10 heteroatoms. The topological polar surface area (TPSA) is 59.7 Å². The van der Waals surface area contributed by atoms with Crippen LogP contribution in [0.4, 0.5) is 15.8 Å². The molecule has 0 fully saturated rings. The van der Waals surface area contributed by atoms with Gasteiger partial charge in [-0.1, -0.05) is 47.5 Å². The number of nitrogens with one attached hydrogen (secondary N) is 2. The first-order valence-electron chi connectivity index (χ1n) is 9.26. The normalized spacial score (nSPS) is 10.8. The van der Waals surface area contributed by atoms with Crippen molar-refractivity contribution >= 4 is 51.9 Å². The van der Waals surface area contributed by atoms with Gasteiger partial charge in [0.05, 0.1) is 36.9 Å². The second kappa shape index (κ2) is 9.47. The smallest absolute Gasteiger partial charge is 0.175 e. The Hall–Kier alpha value is -2.94. The van der Waals surface area contributed by atoms with Crippen LogP contribution in [0.1, 0.15) is 11.1 Å². The lowest BCUT2D eigenvalue weighted by Gasteiger charge is -2.07. The van der Waals surface area contributed by atoms with E-state index in [0.29, 0.717) is 33.9 Å². The SMILES string of the molecule is Fc1ccc(Cn2cc(NC(=S)Nc3cnn(Cc4ccccc4Cl)c3)cn2)c(Cl)c1. The molecule has 0 unspecified atom stereocenters. The Morgan fingerprint density at radius 2 is 1.45 bits per heavy atom. The summed E-state index contributed by atoms with van der Waals surface area (Å²) < 4.78 is 16.7. The fraction of sp³-hybridized carbons (Fsp3) is 0.0952. The number of thiocarbonyl (C=S) groups is 1. The lowest BCUT2D eigenvalue weighted by molar-refractivity contribution is 0.624. The van der Waals surface area contributed by atoms with E-state index in [4.69, 9.17) is 35.4 Å². The van der Waals surface area contributed by atoms with Gasteiger partial charge in [-0.3, -0.25) is 9.36 Å². The highest BCUT2D eigenvalue weighted by atomic mass is 35.5. The van der Waals surface area contributed by atoms with Crippen LogP contribution in [0.5, 0.6) is 0 Å². The number of aromatic nitrogens is 4. The summed E-state index contributed by atoms with van der Waals surface area (Å²) in [5.74, 6) is -0.372. The van der Waals surface area contributed by atoms with E-state index in [0.717, 1.165) is 16.8 Å². The number of anilines is 2. The van der Waals surface area contributed by atoms with Gasteiger partial charge in [-0.15, -0.1) is 0 Å². The quantitative estimate of drug-likeness (QED) is 0.364. The fourth-order valence-electron chi connectivity index (χ4n) is 2.95. The van der Waals surface area contributed by atoms with Crippen molar-refractivity contribution in [2.75, 3.05) is 10.6 Å². The maximum atomic E-state index is 13.2. The summed E-state index contributed by atoms with van der Waals surface area (Å²) >= 11 is 17.7. The third-order valence-corrected chi connectivity index (χ3v) is 5.34. The molecule has 6 nitrogen and oxygen atoms in total. The van der Waals surface area contributed by atoms with E-state index in [1.807, 2.05) is 30.5 Å². The van der Waals surface area contributed by atoms with Gasteiger partial charge >= 0.3 is 0 Å². The standard InChI is InChI=1S/C21H17Cl2FN6S/c22-19-4-2-1-3-14(19)10-29-12-17(8-25-29)27-21(31)28-18-9-26-30(13-18)11-15-5-6-16(24)7-20(15)23/h1-9,12-13H,10-11H2,(H2,27,28,31). The Balaban J connectivity index is 1.33. The van der Waals surface area contributed by atoms with Crippen LogP contribution in [0.2, 0.25) is 10.0 Å². The summed E-state index contributed by atoms with van der Waals surface area (Å²) in [5, 5.41) is 16.2. The number of rotatable bonds is 6. The molecule has 2 N–H and O–H groups in total. The third kappa shape index (κ3) is 5.61. The highest BCUT2D eigenvalue weighted by molar-refractivity contribution is 7.80. The average molecular weight is 475 g/mol. The monoisotopic (exact) mass is 474 g/mol. The molecule has 2 aromatic carbocycles. The zero-order valence-corrected chi connectivity index (χ0v) is 18.4. The number of nitrogens with zero attached hydrogens (tertiary/aromatic N) is 4.